The Morgan fingerprint density at radius 3 is 3.00 bits per heavy atom. The third-order valence-corrected chi connectivity index (χ3v) is 1.81. The van der Waals surface area contributed by atoms with E-state index < -0.39 is 0 Å². The molecule has 1 heterocycles. The highest BCUT2D eigenvalue weighted by molar-refractivity contribution is 5.54. The Balaban J connectivity index is 2.89. The van der Waals surface area contributed by atoms with E-state index in [0.29, 0.717) is 0 Å². The lowest BCUT2D eigenvalue weighted by molar-refractivity contribution is 0.455. The van der Waals surface area contributed by atoms with Gasteiger partial charge in [0, 0.05) is 13.6 Å². The van der Waals surface area contributed by atoms with Gasteiger partial charge in [0.2, 0.25) is 0 Å². The SMILES string of the molecule is C=CC1=C(/N=C\N)N(C)CC1. The second kappa shape index (κ2) is 3.23. The number of nitrogens with zero attached hydrogens (tertiary/aromatic N) is 2. The van der Waals surface area contributed by atoms with E-state index in [4.69, 9.17) is 5.73 Å². The summed E-state index contributed by atoms with van der Waals surface area (Å²) < 4.78 is 0. The molecular formula is C8H13N3. The van der Waals surface area contributed by atoms with Gasteiger partial charge >= 0.3 is 0 Å². The second-order valence-electron chi connectivity index (χ2n) is 2.50. The number of hydrogen-bond acceptors (Lipinski definition) is 2. The van der Waals surface area contributed by atoms with Gasteiger partial charge in [-0.1, -0.05) is 12.7 Å². The molecule has 0 unspecified atom stereocenters. The summed E-state index contributed by atoms with van der Waals surface area (Å²) in [7, 11) is 2.00. The number of allylic oxidation sites excluding steroid dienone is 1. The van der Waals surface area contributed by atoms with Crippen molar-refractivity contribution in [2.24, 2.45) is 10.7 Å². The fourth-order valence-electron chi connectivity index (χ4n) is 1.20. The molecule has 3 nitrogen and oxygen atoms in total. The molecule has 0 aromatic rings. The molecule has 2 N–H and O–H groups in total. The standard InChI is InChI=1S/C8H13N3/c1-3-7-4-5-11(2)8(7)10-6-9/h3,6H,1,4-5H2,2H3,(H2,9,10). The number of aliphatic imine (C=N–C) groups is 1. The summed E-state index contributed by atoms with van der Waals surface area (Å²) in [6.45, 7) is 4.72. The molecule has 0 aromatic carbocycles. The zero-order chi connectivity index (χ0) is 8.27. The molecule has 0 amide bonds. The molecule has 1 aliphatic rings. The van der Waals surface area contributed by atoms with Crippen molar-refractivity contribution in [3.05, 3.63) is 24.0 Å². The van der Waals surface area contributed by atoms with Crippen molar-refractivity contribution in [3.63, 3.8) is 0 Å². The van der Waals surface area contributed by atoms with Crippen molar-refractivity contribution in [2.75, 3.05) is 13.6 Å². The molecule has 0 aliphatic carbocycles. The van der Waals surface area contributed by atoms with Crippen LogP contribution in [0, 0.1) is 0 Å². The Labute approximate surface area is 66.9 Å². The molecule has 1 aliphatic heterocycles. The van der Waals surface area contributed by atoms with Gasteiger partial charge in [-0.2, -0.15) is 0 Å². The van der Waals surface area contributed by atoms with Crippen LogP contribution in [0.2, 0.25) is 0 Å². The van der Waals surface area contributed by atoms with E-state index in [9.17, 15) is 0 Å². The van der Waals surface area contributed by atoms with Crippen LogP contribution in [0.5, 0.6) is 0 Å². The summed E-state index contributed by atoms with van der Waals surface area (Å²) in [6.07, 6.45) is 4.18. The van der Waals surface area contributed by atoms with Crippen LogP contribution in [0.25, 0.3) is 0 Å². The summed E-state index contributed by atoms with van der Waals surface area (Å²) in [6, 6.07) is 0. The first kappa shape index (κ1) is 7.85. The van der Waals surface area contributed by atoms with Crippen molar-refractivity contribution in [1.82, 2.24) is 4.90 Å². The van der Waals surface area contributed by atoms with E-state index in [0.717, 1.165) is 18.8 Å². The largest absolute Gasteiger partial charge is 0.390 e. The van der Waals surface area contributed by atoms with Crippen LogP contribution < -0.4 is 5.73 Å². The maximum absolute atomic E-state index is 5.20. The van der Waals surface area contributed by atoms with Gasteiger partial charge < -0.3 is 10.6 Å². The fourth-order valence-corrected chi connectivity index (χ4v) is 1.20. The first-order valence-corrected chi connectivity index (χ1v) is 3.60. The molecule has 1 rings (SSSR count). The minimum atomic E-state index is 0.947. The molecular weight excluding hydrogens is 138 g/mol. The van der Waals surface area contributed by atoms with Crippen LogP contribution in [-0.2, 0) is 0 Å². The first-order chi connectivity index (χ1) is 5.29. The van der Waals surface area contributed by atoms with Crippen molar-refractivity contribution < 1.29 is 0 Å². The zero-order valence-electron chi connectivity index (χ0n) is 6.75. The highest BCUT2D eigenvalue weighted by Gasteiger charge is 2.15. The van der Waals surface area contributed by atoms with Gasteiger partial charge in [0.25, 0.3) is 0 Å². The predicted octanol–water partition coefficient (Wildman–Crippen LogP) is 0.707. The average Bonchev–Trinajstić information content (AvgIpc) is 2.34. The van der Waals surface area contributed by atoms with Gasteiger partial charge in [0.05, 0.1) is 6.34 Å². The van der Waals surface area contributed by atoms with Crippen molar-refractivity contribution in [1.29, 1.82) is 0 Å². The lowest BCUT2D eigenvalue weighted by atomic mass is 10.2. The van der Waals surface area contributed by atoms with Gasteiger partial charge in [-0.25, -0.2) is 4.99 Å². The molecule has 0 fully saturated rings. The maximum Gasteiger partial charge on any atom is 0.133 e. The van der Waals surface area contributed by atoms with Crippen LogP contribution in [0.15, 0.2) is 29.0 Å². The molecule has 0 bridgehead atoms. The number of rotatable bonds is 2. The van der Waals surface area contributed by atoms with Crippen molar-refractivity contribution in [2.45, 2.75) is 6.42 Å². The molecule has 0 atom stereocenters. The Kier molecular flexibility index (Phi) is 2.31. The van der Waals surface area contributed by atoms with Gasteiger partial charge in [-0.05, 0) is 12.0 Å². The Morgan fingerprint density at radius 2 is 2.45 bits per heavy atom. The normalized spacial score (nSPS) is 18.5. The van der Waals surface area contributed by atoms with E-state index in [-0.39, 0.29) is 0 Å². The average molecular weight is 151 g/mol. The summed E-state index contributed by atoms with van der Waals surface area (Å²) in [5, 5.41) is 0. The van der Waals surface area contributed by atoms with E-state index >= 15 is 0 Å². The summed E-state index contributed by atoms with van der Waals surface area (Å²) >= 11 is 0. The smallest absolute Gasteiger partial charge is 0.133 e. The molecule has 60 valence electrons. The van der Waals surface area contributed by atoms with Crippen LogP contribution in [0.4, 0.5) is 0 Å². The third kappa shape index (κ3) is 1.42. The van der Waals surface area contributed by atoms with E-state index in [1.165, 1.54) is 11.9 Å². The van der Waals surface area contributed by atoms with Crippen molar-refractivity contribution >= 4 is 6.34 Å². The number of hydrogen-bond donors (Lipinski definition) is 1. The van der Waals surface area contributed by atoms with E-state index in [2.05, 4.69) is 16.5 Å². The summed E-state index contributed by atoms with van der Waals surface area (Å²) in [5.41, 5.74) is 6.38. The highest BCUT2D eigenvalue weighted by Crippen LogP contribution is 2.21. The minimum Gasteiger partial charge on any atom is -0.390 e. The number of nitrogens with two attached hydrogens (primary N) is 1. The monoisotopic (exact) mass is 151 g/mol. The maximum atomic E-state index is 5.20. The molecule has 0 aromatic heterocycles. The summed E-state index contributed by atoms with van der Waals surface area (Å²) in [5.74, 6) is 0.947. The quantitative estimate of drug-likeness (QED) is 0.466. The lowest BCUT2D eigenvalue weighted by Gasteiger charge is -2.10. The highest BCUT2D eigenvalue weighted by atomic mass is 15.2. The molecule has 0 spiro atoms. The molecule has 11 heavy (non-hydrogen) atoms. The van der Waals surface area contributed by atoms with Crippen LogP contribution >= 0.6 is 0 Å². The molecule has 0 radical (unpaired) electrons. The van der Waals surface area contributed by atoms with Crippen LogP contribution in [0.3, 0.4) is 0 Å². The van der Waals surface area contributed by atoms with Crippen LogP contribution in [0.1, 0.15) is 6.42 Å². The van der Waals surface area contributed by atoms with E-state index in [1.54, 1.807) is 0 Å². The van der Waals surface area contributed by atoms with Gasteiger partial charge in [-0.15, -0.1) is 0 Å². The Morgan fingerprint density at radius 1 is 1.73 bits per heavy atom. The van der Waals surface area contributed by atoms with Crippen molar-refractivity contribution in [3.8, 4) is 0 Å². The van der Waals surface area contributed by atoms with E-state index in [1.807, 2.05) is 13.1 Å². The molecule has 0 saturated carbocycles. The van der Waals surface area contributed by atoms with Gasteiger partial charge in [0.1, 0.15) is 5.82 Å². The predicted molar refractivity (Wildman–Crippen MR) is 47.1 cm³/mol. The second-order valence-corrected chi connectivity index (χ2v) is 2.50. The topological polar surface area (TPSA) is 41.6 Å². The Bertz CT molecular complexity index is 215. The first-order valence-electron chi connectivity index (χ1n) is 3.60. The zero-order valence-corrected chi connectivity index (χ0v) is 6.75. The summed E-state index contributed by atoms with van der Waals surface area (Å²) in [4.78, 5) is 6.11. The fraction of sp³-hybridized carbons (Fsp3) is 0.375. The lowest BCUT2D eigenvalue weighted by Crippen LogP contribution is -2.12. The molecule has 0 saturated heterocycles. The third-order valence-electron chi connectivity index (χ3n) is 1.81. The van der Waals surface area contributed by atoms with Gasteiger partial charge in [-0.3, -0.25) is 0 Å². The Hall–Kier alpha value is -1.25. The minimum absolute atomic E-state index is 0.947. The van der Waals surface area contributed by atoms with Gasteiger partial charge in [0.15, 0.2) is 0 Å². The molecule has 3 heteroatoms. The van der Waals surface area contributed by atoms with Crippen LogP contribution in [-0.4, -0.2) is 24.8 Å².